The lowest BCUT2D eigenvalue weighted by molar-refractivity contribution is 0.226. The molecule has 0 aromatic heterocycles. The number of likely N-dealkylation sites (tertiary alicyclic amines) is 1. The molecule has 0 spiro atoms. The number of piperidine rings is 1. The SMILES string of the molecule is [S]CCCCN1CCCCC1. The number of unbranched alkanes of at least 4 members (excludes halogenated alkanes) is 1. The summed E-state index contributed by atoms with van der Waals surface area (Å²) in [6, 6.07) is 0. The molecule has 11 heavy (non-hydrogen) atoms. The van der Waals surface area contributed by atoms with E-state index in [9.17, 15) is 0 Å². The molecule has 1 fully saturated rings. The van der Waals surface area contributed by atoms with Crippen molar-refractivity contribution in [3.05, 3.63) is 0 Å². The van der Waals surface area contributed by atoms with Crippen LogP contribution in [0, 0.1) is 0 Å². The lowest BCUT2D eigenvalue weighted by Crippen LogP contribution is -2.30. The quantitative estimate of drug-likeness (QED) is 0.589. The Bertz CT molecular complexity index is 89.6. The van der Waals surface area contributed by atoms with E-state index in [1.165, 1.54) is 51.7 Å². The van der Waals surface area contributed by atoms with Gasteiger partial charge in [0.25, 0.3) is 0 Å². The van der Waals surface area contributed by atoms with Crippen molar-refractivity contribution >= 4 is 12.6 Å². The van der Waals surface area contributed by atoms with Crippen LogP contribution >= 0.6 is 12.6 Å². The summed E-state index contributed by atoms with van der Waals surface area (Å²) in [5.41, 5.74) is 0. The van der Waals surface area contributed by atoms with Gasteiger partial charge in [0.05, 0.1) is 0 Å². The first-order chi connectivity index (χ1) is 5.43. The molecule has 65 valence electrons. The highest BCUT2D eigenvalue weighted by atomic mass is 32.1. The summed E-state index contributed by atoms with van der Waals surface area (Å²) >= 11 is 4.90. The fourth-order valence-corrected chi connectivity index (χ4v) is 1.82. The minimum Gasteiger partial charge on any atom is -0.303 e. The zero-order valence-corrected chi connectivity index (χ0v) is 8.04. The molecular weight excluding hydrogens is 154 g/mol. The van der Waals surface area contributed by atoms with Gasteiger partial charge in [-0.2, -0.15) is 0 Å². The van der Waals surface area contributed by atoms with Gasteiger partial charge in [-0.15, -0.1) is 0 Å². The molecule has 0 unspecified atom stereocenters. The number of rotatable bonds is 4. The van der Waals surface area contributed by atoms with E-state index in [-0.39, 0.29) is 0 Å². The Labute approximate surface area is 75.6 Å². The van der Waals surface area contributed by atoms with Crippen LogP contribution in [-0.4, -0.2) is 30.3 Å². The van der Waals surface area contributed by atoms with Crippen molar-refractivity contribution in [3.63, 3.8) is 0 Å². The first-order valence-corrected chi connectivity index (χ1v) is 5.31. The Morgan fingerprint density at radius 1 is 1.00 bits per heavy atom. The minimum atomic E-state index is 0.938. The van der Waals surface area contributed by atoms with Gasteiger partial charge < -0.3 is 4.90 Å². The third kappa shape index (κ3) is 4.02. The van der Waals surface area contributed by atoms with Gasteiger partial charge in [-0.3, -0.25) is 0 Å². The second kappa shape index (κ2) is 5.90. The van der Waals surface area contributed by atoms with Gasteiger partial charge in [-0.25, -0.2) is 0 Å². The molecule has 0 aliphatic carbocycles. The third-order valence-electron chi connectivity index (χ3n) is 2.32. The van der Waals surface area contributed by atoms with Gasteiger partial charge >= 0.3 is 0 Å². The Morgan fingerprint density at radius 3 is 2.36 bits per heavy atom. The van der Waals surface area contributed by atoms with E-state index >= 15 is 0 Å². The van der Waals surface area contributed by atoms with E-state index < -0.39 is 0 Å². The van der Waals surface area contributed by atoms with Crippen LogP contribution in [0.4, 0.5) is 0 Å². The molecule has 0 aromatic carbocycles. The minimum absolute atomic E-state index is 0.938. The Hall–Kier alpha value is 0.310. The Balaban J connectivity index is 1.96. The summed E-state index contributed by atoms with van der Waals surface area (Å²) < 4.78 is 0. The highest BCUT2D eigenvalue weighted by Crippen LogP contribution is 2.09. The van der Waals surface area contributed by atoms with Gasteiger partial charge in [0.2, 0.25) is 0 Å². The van der Waals surface area contributed by atoms with Crippen LogP contribution in [0.5, 0.6) is 0 Å². The standard InChI is InChI=1S/C9H18NS/c11-9-5-4-8-10-6-2-1-3-7-10/h1-9H2. The predicted octanol–water partition coefficient (Wildman–Crippen LogP) is 2.45. The van der Waals surface area contributed by atoms with Crippen molar-refractivity contribution in [3.8, 4) is 0 Å². The number of hydrogen-bond acceptors (Lipinski definition) is 1. The van der Waals surface area contributed by atoms with Crippen molar-refractivity contribution < 1.29 is 0 Å². The number of hydrogen-bond donors (Lipinski definition) is 0. The van der Waals surface area contributed by atoms with Crippen molar-refractivity contribution in [2.24, 2.45) is 0 Å². The average molecular weight is 172 g/mol. The third-order valence-corrected chi connectivity index (χ3v) is 2.61. The summed E-state index contributed by atoms with van der Waals surface area (Å²) in [6.07, 6.45) is 6.80. The normalized spacial score (nSPS) is 20.5. The molecule has 0 saturated carbocycles. The fraction of sp³-hybridized carbons (Fsp3) is 1.00. The van der Waals surface area contributed by atoms with E-state index in [0.29, 0.717) is 0 Å². The van der Waals surface area contributed by atoms with Gasteiger partial charge in [-0.05, 0) is 45.3 Å². The van der Waals surface area contributed by atoms with Crippen LogP contribution < -0.4 is 0 Å². The fourth-order valence-electron chi connectivity index (χ4n) is 1.62. The van der Waals surface area contributed by atoms with Crippen LogP contribution in [0.25, 0.3) is 0 Å². The molecule has 1 heterocycles. The lowest BCUT2D eigenvalue weighted by atomic mass is 10.1. The largest absolute Gasteiger partial charge is 0.303 e. The predicted molar refractivity (Wildman–Crippen MR) is 52.0 cm³/mol. The lowest BCUT2D eigenvalue weighted by Gasteiger charge is -2.26. The maximum Gasteiger partial charge on any atom is 0.00374 e. The van der Waals surface area contributed by atoms with Crippen LogP contribution in [-0.2, 0) is 0 Å². The van der Waals surface area contributed by atoms with E-state index in [4.69, 9.17) is 12.6 Å². The second-order valence-electron chi connectivity index (χ2n) is 3.31. The second-order valence-corrected chi connectivity index (χ2v) is 3.72. The van der Waals surface area contributed by atoms with Gasteiger partial charge in [0, 0.05) is 5.75 Å². The molecule has 1 aliphatic heterocycles. The molecule has 0 aromatic rings. The van der Waals surface area contributed by atoms with Crippen LogP contribution in [0.15, 0.2) is 0 Å². The highest BCUT2D eigenvalue weighted by Gasteiger charge is 2.08. The molecule has 0 atom stereocenters. The smallest absolute Gasteiger partial charge is 0.00374 e. The maximum absolute atomic E-state index is 4.90. The van der Waals surface area contributed by atoms with Gasteiger partial charge in [0.15, 0.2) is 0 Å². The topological polar surface area (TPSA) is 3.24 Å². The van der Waals surface area contributed by atoms with Crippen molar-refractivity contribution in [2.45, 2.75) is 32.1 Å². The van der Waals surface area contributed by atoms with Crippen LogP contribution in [0.3, 0.4) is 0 Å². The number of nitrogens with zero attached hydrogens (tertiary/aromatic N) is 1. The molecule has 0 amide bonds. The summed E-state index contributed by atoms with van der Waals surface area (Å²) in [7, 11) is 0. The van der Waals surface area contributed by atoms with Gasteiger partial charge in [-0.1, -0.05) is 19.0 Å². The van der Waals surface area contributed by atoms with E-state index in [2.05, 4.69) is 4.90 Å². The first kappa shape index (κ1) is 9.40. The van der Waals surface area contributed by atoms with E-state index in [1.807, 2.05) is 0 Å². The highest BCUT2D eigenvalue weighted by molar-refractivity contribution is 7.80. The van der Waals surface area contributed by atoms with E-state index in [1.54, 1.807) is 0 Å². The van der Waals surface area contributed by atoms with Gasteiger partial charge in [0.1, 0.15) is 0 Å². The Kier molecular flexibility index (Phi) is 5.04. The molecule has 2 heteroatoms. The monoisotopic (exact) mass is 172 g/mol. The molecule has 0 N–H and O–H groups in total. The summed E-state index contributed by atoms with van der Waals surface area (Å²) in [4.78, 5) is 2.58. The zero-order chi connectivity index (χ0) is 7.94. The van der Waals surface area contributed by atoms with Crippen molar-refractivity contribution in [1.29, 1.82) is 0 Å². The van der Waals surface area contributed by atoms with Crippen LogP contribution in [0.2, 0.25) is 0 Å². The molecule has 0 bridgehead atoms. The maximum atomic E-state index is 4.90. The average Bonchev–Trinajstić information content (AvgIpc) is 2.07. The molecule has 1 nitrogen and oxygen atoms in total. The molecule has 1 saturated heterocycles. The first-order valence-electron chi connectivity index (χ1n) is 4.74. The molecule has 1 rings (SSSR count). The summed E-state index contributed by atoms with van der Waals surface area (Å²) in [5, 5.41) is 0. The molecule has 1 radical (unpaired) electrons. The van der Waals surface area contributed by atoms with E-state index in [0.717, 1.165) is 5.75 Å². The zero-order valence-electron chi connectivity index (χ0n) is 7.22. The molecular formula is C9H18NS. The Morgan fingerprint density at radius 2 is 1.73 bits per heavy atom. The summed E-state index contributed by atoms with van der Waals surface area (Å²) in [5.74, 6) is 0.938. The van der Waals surface area contributed by atoms with Crippen LogP contribution in [0.1, 0.15) is 32.1 Å². The summed E-state index contributed by atoms with van der Waals surface area (Å²) in [6.45, 7) is 3.95. The van der Waals surface area contributed by atoms with Crippen molar-refractivity contribution in [2.75, 3.05) is 25.4 Å². The molecule has 1 aliphatic rings. The van der Waals surface area contributed by atoms with Crippen molar-refractivity contribution in [1.82, 2.24) is 4.90 Å².